The van der Waals surface area contributed by atoms with Gasteiger partial charge in [-0.15, -0.1) is 6.58 Å². The molecule has 0 aliphatic heterocycles. The van der Waals surface area contributed by atoms with Crippen LogP contribution in [0, 0.1) is 0 Å². The molecule has 106 valence electrons. The molecular weight excluding hydrogens is 334 g/mol. The lowest BCUT2D eigenvalue weighted by molar-refractivity contribution is 0.260. The van der Waals surface area contributed by atoms with Gasteiger partial charge in [0.15, 0.2) is 0 Å². The van der Waals surface area contributed by atoms with E-state index in [0.717, 1.165) is 4.31 Å². The number of benzene rings is 1. The lowest BCUT2D eigenvalue weighted by Crippen LogP contribution is -2.33. The van der Waals surface area contributed by atoms with Gasteiger partial charge in [0.25, 0.3) is 0 Å². The van der Waals surface area contributed by atoms with Crippen LogP contribution in [-0.4, -0.2) is 44.6 Å². The van der Waals surface area contributed by atoms with Crippen LogP contribution in [0.4, 0.5) is 0 Å². The van der Waals surface area contributed by atoms with Crippen molar-refractivity contribution in [1.82, 2.24) is 4.31 Å². The highest BCUT2D eigenvalue weighted by molar-refractivity contribution is 9.10. The molecule has 0 saturated carbocycles. The van der Waals surface area contributed by atoms with Gasteiger partial charge in [-0.05, 0) is 34.1 Å². The predicted molar refractivity (Wildman–Crippen MR) is 76.7 cm³/mol. The van der Waals surface area contributed by atoms with Crippen molar-refractivity contribution in [3.05, 3.63) is 35.3 Å². The monoisotopic (exact) mass is 349 g/mol. The van der Waals surface area contributed by atoms with Gasteiger partial charge in [0.1, 0.15) is 5.75 Å². The predicted octanol–water partition coefficient (Wildman–Crippen LogP) is 1.63. The van der Waals surface area contributed by atoms with Gasteiger partial charge in [-0.2, -0.15) is 4.31 Å². The molecule has 19 heavy (non-hydrogen) atoms. The Morgan fingerprint density at radius 2 is 2.21 bits per heavy atom. The summed E-state index contributed by atoms with van der Waals surface area (Å²) in [6, 6.07) is 4.51. The van der Waals surface area contributed by atoms with E-state index in [1.165, 1.54) is 25.3 Å². The molecule has 0 radical (unpaired) electrons. The van der Waals surface area contributed by atoms with E-state index in [4.69, 9.17) is 9.84 Å². The highest BCUT2D eigenvalue weighted by Crippen LogP contribution is 2.28. The van der Waals surface area contributed by atoms with Gasteiger partial charge >= 0.3 is 0 Å². The first kappa shape index (κ1) is 16.2. The second-order valence-corrected chi connectivity index (χ2v) is 6.46. The van der Waals surface area contributed by atoms with E-state index in [1.54, 1.807) is 6.07 Å². The summed E-state index contributed by atoms with van der Waals surface area (Å²) in [5.74, 6) is 0.552. The SMILES string of the molecule is C=CCN(CCO)S(=O)(=O)c1ccc(OC)c(Br)c1. The number of hydrogen-bond acceptors (Lipinski definition) is 4. The highest BCUT2D eigenvalue weighted by atomic mass is 79.9. The van der Waals surface area contributed by atoms with E-state index in [0.29, 0.717) is 10.2 Å². The first-order valence-corrected chi connectivity index (χ1v) is 7.76. The van der Waals surface area contributed by atoms with Crippen molar-refractivity contribution in [2.75, 3.05) is 26.8 Å². The highest BCUT2D eigenvalue weighted by Gasteiger charge is 2.23. The summed E-state index contributed by atoms with van der Waals surface area (Å²) >= 11 is 3.25. The third-order valence-corrected chi connectivity index (χ3v) is 4.92. The number of methoxy groups -OCH3 is 1. The number of aliphatic hydroxyl groups excluding tert-OH is 1. The Balaban J connectivity index is 3.17. The standard InChI is InChI=1S/C12H16BrNO4S/c1-3-6-14(7-8-15)19(16,17)10-4-5-12(18-2)11(13)9-10/h3-5,9,15H,1,6-8H2,2H3. The Labute approximate surface area is 121 Å². The van der Waals surface area contributed by atoms with Gasteiger partial charge in [0, 0.05) is 13.1 Å². The maximum absolute atomic E-state index is 12.4. The van der Waals surface area contributed by atoms with Crippen molar-refractivity contribution in [1.29, 1.82) is 0 Å². The molecule has 0 atom stereocenters. The summed E-state index contributed by atoms with van der Waals surface area (Å²) in [5, 5.41) is 8.94. The molecule has 1 aromatic rings. The number of aliphatic hydroxyl groups is 1. The van der Waals surface area contributed by atoms with E-state index in [1.807, 2.05) is 0 Å². The van der Waals surface area contributed by atoms with Crippen molar-refractivity contribution in [3.8, 4) is 5.75 Å². The van der Waals surface area contributed by atoms with Crippen LogP contribution in [0.1, 0.15) is 0 Å². The second-order valence-electron chi connectivity index (χ2n) is 3.67. The number of hydrogen-bond donors (Lipinski definition) is 1. The summed E-state index contributed by atoms with van der Waals surface area (Å²) < 4.78 is 31.5. The van der Waals surface area contributed by atoms with Crippen molar-refractivity contribution in [2.45, 2.75) is 4.90 Å². The smallest absolute Gasteiger partial charge is 0.243 e. The molecule has 0 aromatic heterocycles. The summed E-state index contributed by atoms with van der Waals surface area (Å²) in [6.07, 6.45) is 1.48. The normalized spacial score (nSPS) is 11.6. The molecule has 0 saturated heterocycles. The quantitative estimate of drug-likeness (QED) is 0.759. The first-order chi connectivity index (χ1) is 8.97. The zero-order valence-electron chi connectivity index (χ0n) is 10.5. The molecule has 0 unspecified atom stereocenters. The molecule has 0 heterocycles. The molecule has 0 aliphatic carbocycles. The van der Waals surface area contributed by atoms with Gasteiger partial charge in [-0.1, -0.05) is 6.08 Å². The molecule has 1 N–H and O–H groups in total. The summed E-state index contributed by atoms with van der Waals surface area (Å²) in [4.78, 5) is 0.135. The molecule has 0 bridgehead atoms. The largest absolute Gasteiger partial charge is 0.496 e. The third-order valence-electron chi connectivity index (χ3n) is 2.44. The van der Waals surface area contributed by atoms with Crippen LogP contribution >= 0.6 is 15.9 Å². The lowest BCUT2D eigenvalue weighted by atomic mass is 10.3. The van der Waals surface area contributed by atoms with E-state index < -0.39 is 10.0 Å². The average Bonchev–Trinajstić information content (AvgIpc) is 2.38. The van der Waals surface area contributed by atoms with Crippen LogP contribution in [0.3, 0.4) is 0 Å². The van der Waals surface area contributed by atoms with Crippen LogP contribution in [0.15, 0.2) is 40.2 Å². The zero-order chi connectivity index (χ0) is 14.5. The minimum atomic E-state index is -3.66. The molecule has 1 aromatic carbocycles. The Morgan fingerprint density at radius 1 is 1.53 bits per heavy atom. The molecule has 7 heteroatoms. The molecule has 0 amide bonds. The Morgan fingerprint density at radius 3 is 2.68 bits per heavy atom. The number of sulfonamides is 1. The molecule has 5 nitrogen and oxygen atoms in total. The number of rotatable bonds is 7. The molecule has 0 aliphatic rings. The van der Waals surface area contributed by atoms with Gasteiger partial charge < -0.3 is 9.84 Å². The van der Waals surface area contributed by atoms with Crippen LogP contribution in [0.2, 0.25) is 0 Å². The van der Waals surface area contributed by atoms with Crippen LogP contribution in [0.5, 0.6) is 5.75 Å². The topological polar surface area (TPSA) is 66.8 Å². The number of ether oxygens (including phenoxy) is 1. The number of halogens is 1. The van der Waals surface area contributed by atoms with Crippen LogP contribution < -0.4 is 4.74 Å². The zero-order valence-corrected chi connectivity index (χ0v) is 12.9. The van der Waals surface area contributed by atoms with Gasteiger partial charge in [0.05, 0.1) is 23.1 Å². The number of nitrogens with zero attached hydrogens (tertiary/aromatic N) is 1. The Kier molecular flexibility index (Phi) is 5.99. The van der Waals surface area contributed by atoms with Gasteiger partial charge in [-0.3, -0.25) is 0 Å². The first-order valence-electron chi connectivity index (χ1n) is 5.52. The maximum Gasteiger partial charge on any atom is 0.243 e. The lowest BCUT2D eigenvalue weighted by Gasteiger charge is -2.20. The van der Waals surface area contributed by atoms with E-state index in [9.17, 15) is 8.42 Å². The fourth-order valence-electron chi connectivity index (χ4n) is 1.52. The molecule has 1 rings (SSSR count). The van der Waals surface area contributed by atoms with Gasteiger partial charge in [0.2, 0.25) is 10.0 Å². The molecule has 0 spiro atoms. The Bertz CT molecular complexity index is 545. The molecule has 0 fully saturated rings. The summed E-state index contributed by atoms with van der Waals surface area (Å²) in [7, 11) is -2.15. The van der Waals surface area contributed by atoms with E-state index >= 15 is 0 Å². The fourth-order valence-corrected chi connectivity index (χ4v) is 3.64. The summed E-state index contributed by atoms with van der Waals surface area (Å²) in [6.45, 7) is 3.44. The van der Waals surface area contributed by atoms with E-state index in [2.05, 4.69) is 22.5 Å². The minimum absolute atomic E-state index is 0.0258. The van der Waals surface area contributed by atoms with Crippen molar-refractivity contribution in [3.63, 3.8) is 0 Å². The van der Waals surface area contributed by atoms with Crippen molar-refractivity contribution >= 4 is 26.0 Å². The fraction of sp³-hybridized carbons (Fsp3) is 0.333. The summed E-state index contributed by atoms with van der Waals surface area (Å²) in [5.41, 5.74) is 0. The second kappa shape index (κ2) is 7.04. The Hall–Kier alpha value is -0.890. The van der Waals surface area contributed by atoms with Crippen molar-refractivity contribution in [2.24, 2.45) is 0 Å². The minimum Gasteiger partial charge on any atom is -0.496 e. The average molecular weight is 350 g/mol. The van der Waals surface area contributed by atoms with Gasteiger partial charge in [-0.25, -0.2) is 8.42 Å². The van der Waals surface area contributed by atoms with E-state index in [-0.39, 0.29) is 24.6 Å². The van der Waals surface area contributed by atoms with Crippen molar-refractivity contribution < 1.29 is 18.3 Å². The third kappa shape index (κ3) is 3.79. The molecular formula is C12H16BrNO4S. The van der Waals surface area contributed by atoms with Crippen LogP contribution in [-0.2, 0) is 10.0 Å². The maximum atomic E-state index is 12.4. The van der Waals surface area contributed by atoms with Crippen LogP contribution in [0.25, 0.3) is 0 Å².